The maximum atomic E-state index is 12.4. The van der Waals surface area contributed by atoms with Gasteiger partial charge in [0.05, 0.1) is 11.8 Å². The van der Waals surface area contributed by atoms with Crippen molar-refractivity contribution in [2.45, 2.75) is 0 Å². The van der Waals surface area contributed by atoms with E-state index in [0.29, 0.717) is 11.8 Å². The van der Waals surface area contributed by atoms with Crippen molar-refractivity contribution >= 4 is 5.57 Å². The van der Waals surface area contributed by atoms with Gasteiger partial charge in [-0.2, -0.15) is 5.26 Å². The fraction of sp³-hybridized carbons (Fsp3) is 0. The number of nitriles is 1. The summed E-state index contributed by atoms with van der Waals surface area (Å²) in [6.07, 6.45) is 0.702. The minimum absolute atomic E-state index is 0.120. The summed E-state index contributed by atoms with van der Waals surface area (Å²) in [4.78, 5) is 0. The van der Waals surface area contributed by atoms with E-state index in [1.165, 1.54) is 24.3 Å². The molecule has 0 aromatic heterocycles. The fourth-order valence-electron chi connectivity index (χ4n) is 0.797. The molecule has 0 saturated carbocycles. The third kappa shape index (κ3) is 1.61. The molecule has 12 heavy (non-hydrogen) atoms. The van der Waals surface area contributed by atoms with Crippen molar-refractivity contribution in [1.82, 2.24) is 0 Å². The van der Waals surface area contributed by atoms with E-state index < -0.39 is 0 Å². The van der Waals surface area contributed by atoms with Crippen LogP contribution < -0.4 is 0 Å². The number of aliphatic hydroxyl groups excluding tert-OH is 1. The number of halogens is 1. The van der Waals surface area contributed by atoms with Gasteiger partial charge in [-0.1, -0.05) is 12.1 Å². The monoisotopic (exact) mass is 163 g/mol. The van der Waals surface area contributed by atoms with Crippen molar-refractivity contribution in [2.24, 2.45) is 0 Å². The topological polar surface area (TPSA) is 44.0 Å². The summed E-state index contributed by atoms with van der Waals surface area (Å²) >= 11 is 0. The highest BCUT2D eigenvalue weighted by Crippen LogP contribution is 2.12. The summed E-state index contributed by atoms with van der Waals surface area (Å²) in [5, 5.41) is 17.0. The van der Waals surface area contributed by atoms with E-state index in [4.69, 9.17) is 10.4 Å². The van der Waals surface area contributed by atoms with Crippen LogP contribution >= 0.6 is 0 Å². The Morgan fingerprint density at radius 3 is 2.42 bits per heavy atom. The smallest absolute Gasteiger partial charge is 0.123 e. The van der Waals surface area contributed by atoms with Gasteiger partial charge in [0.1, 0.15) is 11.9 Å². The van der Waals surface area contributed by atoms with Gasteiger partial charge >= 0.3 is 0 Å². The van der Waals surface area contributed by atoms with Crippen LogP contribution in [0.5, 0.6) is 0 Å². The van der Waals surface area contributed by atoms with Crippen molar-refractivity contribution in [1.29, 1.82) is 5.26 Å². The molecule has 1 aromatic carbocycles. The molecule has 0 spiro atoms. The maximum Gasteiger partial charge on any atom is 0.123 e. The molecule has 1 N–H and O–H groups in total. The van der Waals surface area contributed by atoms with E-state index >= 15 is 0 Å². The van der Waals surface area contributed by atoms with Crippen LogP contribution in [0.3, 0.4) is 0 Å². The summed E-state index contributed by atoms with van der Waals surface area (Å²) in [6, 6.07) is 7.10. The van der Waals surface area contributed by atoms with Gasteiger partial charge in [-0.15, -0.1) is 0 Å². The Morgan fingerprint density at radius 1 is 1.42 bits per heavy atom. The lowest BCUT2D eigenvalue weighted by molar-refractivity contribution is 0.476. The molecule has 0 bridgehead atoms. The Morgan fingerprint density at radius 2 is 2.00 bits per heavy atom. The lowest BCUT2D eigenvalue weighted by Gasteiger charge is -1.95. The normalized spacial score (nSPS) is 10.8. The first-order chi connectivity index (χ1) is 5.77. The Balaban J connectivity index is 3.06. The Kier molecular flexibility index (Phi) is 2.44. The first-order valence-electron chi connectivity index (χ1n) is 3.28. The second-order valence-corrected chi connectivity index (χ2v) is 2.16. The predicted molar refractivity (Wildman–Crippen MR) is 42.6 cm³/mol. The Bertz CT molecular complexity index is 335. The van der Waals surface area contributed by atoms with Gasteiger partial charge in [0, 0.05) is 0 Å². The molecule has 0 aliphatic heterocycles. The molecule has 1 rings (SSSR count). The quantitative estimate of drug-likeness (QED) is 0.509. The summed E-state index contributed by atoms with van der Waals surface area (Å²) in [5.41, 5.74) is 0.622. The van der Waals surface area contributed by atoms with Gasteiger partial charge in [-0.25, -0.2) is 4.39 Å². The van der Waals surface area contributed by atoms with Crippen LogP contribution in [0.25, 0.3) is 5.57 Å². The van der Waals surface area contributed by atoms with Crippen LogP contribution in [0.1, 0.15) is 5.56 Å². The zero-order valence-electron chi connectivity index (χ0n) is 6.16. The highest BCUT2D eigenvalue weighted by molar-refractivity contribution is 5.75. The van der Waals surface area contributed by atoms with Crippen molar-refractivity contribution < 1.29 is 9.50 Å². The zero-order valence-corrected chi connectivity index (χ0v) is 6.16. The van der Waals surface area contributed by atoms with Crippen LogP contribution in [-0.4, -0.2) is 5.11 Å². The van der Waals surface area contributed by atoms with Gasteiger partial charge < -0.3 is 5.11 Å². The first kappa shape index (κ1) is 8.28. The van der Waals surface area contributed by atoms with Gasteiger partial charge in [0.25, 0.3) is 0 Å². The molecule has 0 atom stereocenters. The number of aliphatic hydroxyl groups is 1. The lowest BCUT2D eigenvalue weighted by Crippen LogP contribution is -1.81. The summed E-state index contributed by atoms with van der Waals surface area (Å²) in [7, 11) is 0. The second kappa shape index (κ2) is 3.54. The van der Waals surface area contributed by atoms with Crippen molar-refractivity contribution in [3.05, 3.63) is 41.9 Å². The molecule has 0 amide bonds. The van der Waals surface area contributed by atoms with Crippen LogP contribution in [0.2, 0.25) is 0 Å². The minimum Gasteiger partial charge on any atom is -0.514 e. The largest absolute Gasteiger partial charge is 0.514 e. The van der Waals surface area contributed by atoms with E-state index in [0.717, 1.165) is 0 Å². The van der Waals surface area contributed by atoms with Crippen molar-refractivity contribution in [2.75, 3.05) is 0 Å². The third-order valence-electron chi connectivity index (χ3n) is 1.40. The summed E-state index contributed by atoms with van der Waals surface area (Å²) < 4.78 is 12.4. The number of hydrogen-bond donors (Lipinski definition) is 1. The zero-order chi connectivity index (χ0) is 8.97. The standard InChI is InChI=1S/C9H6FNO/c10-9-3-1-7(2-4-9)8(5-11)6-12/h1-4,6,12H/b8-6+. The highest BCUT2D eigenvalue weighted by atomic mass is 19.1. The van der Waals surface area contributed by atoms with Crippen molar-refractivity contribution in [3.8, 4) is 6.07 Å². The maximum absolute atomic E-state index is 12.4. The molecular formula is C9H6FNO. The van der Waals surface area contributed by atoms with Gasteiger partial charge in [0.15, 0.2) is 0 Å². The molecule has 2 nitrogen and oxygen atoms in total. The highest BCUT2D eigenvalue weighted by Gasteiger charge is 1.99. The van der Waals surface area contributed by atoms with Crippen LogP contribution in [0, 0.1) is 17.1 Å². The number of nitrogens with zero attached hydrogens (tertiary/aromatic N) is 1. The SMILES string of the molecule is N#C/C(=C\O)c1ccc(F)cc1. The number of rotatable bonds is 1. The third-order valence-corrected chi connectivity index (χ3v) is 1.40. The van der Waals surface area contributed by atoms with Gasteiger partial charge in [0.2, 0.25) is 0 Å². The van der Waals surface area contributed by atoms with Crippen molar-refractivity contribution in [3.63, 3.8) is 0 Å². The molecule has 60 valence electrons. The van der Waals surface area contributed by atoms with Gasteiger partial charge in [-0.05, 0) is 17.7 Å². The molecule has 0 unspecified atom stereocenters. The fourth-order valence-corrected chi connectivity index (χ4v) is 0.797. The van der Waals surface area contributed by atoms with E-state index in [-0.39, 0.29) is 11.4 Å². The first-order valence-corrected chi connectivity index (χ1v) is 3.28. The Labute approximate surface area is 69.2 Å². The second-order valence-electron chi connectivity index (χ2n) is 2.16. The molecule has 0 aliphatic rings. The van der Waals surface area contributed by atoms with Gasteiger partial charge in [-0.3, -0.25) is 0 Å². The van der Waals surface area contributed by atoms with Crippen LogP contribution in [0.15, 0.2) is 30.5 Å². The molecule has 0 saturated heterocycles. The molecule has 0 aliphatic carbocycles. The number of allylic oxidation sites excluding steroid dienone is 1. The molecule has 3 heteroatoms. The Hall–Kier alpha value is -1.82. The molecule has 0 heterocycles. The minimum atomic E-state index is -0.367. The number of benzene rings is 1. The van der Waals surface area contributed by atoms with E-state index in [2.05, 4.69) is 0 Å². The summed E-state index contributed by atoms with van der Waals surface area (Å²) in [6.45, 7) is 0. The average Bonchev–Trinajstić information content (AvgIpc) is 2.10. The van der Waals surface area contributed by atoms with E-state index in [9.17, 15) is 4.39 Å². The average molecular weight is 163 g/mol. The predicted octanol–water partition coefficient (Wildman–Crippen LogP) is 2.25. The molecule has 0 fully saturated rings. The summed E-state index contributed by atoms with van der Waals surface area (Å²) in [5.74, 6) is -0.367. The molecule has 0 radical (unpaired) electrons. The lowest BCUT2D eigenvalue weighted by atomic mass is 10.1. The van der Waals surface area contributed by atoms with E-state index in [1.54, 1.807) is 6.07 Å². The number of hydrogen-bond acceptors (Lipinski definition) is 2. The van der Waals surface area contributed by atoms with Crippen LogP contribution in [-0.2, 0) is 0 Å². The molecule has 1 aromatic rings. The van der Waals surface area contributed by atoms with E-state index in [1.807, 2.05) is 0 Å². The van der Waals surface area contributed by atoms with Crippen LogP contribution in [0.4, 0.5) is 4.39 Å². The molecular weight excluding hydrogens is 157 g/mol.